The van der Waals surface area contributed by atoms with Crippen LogP contribution >= 0.6 is 0 Å². The molecule has 2 heterocycles. The molecule has 1 aliphatic heterocycles. The summed E-state index contributed by atoms with van der Waals surface area (Å²) in [5.74, 6) is 0.168. The highest BCUT2D eigenvalue weighted by molar-refractivity contribution is 5.94. The molecular weight excluding hydrogens is 236 g/mol. The van der Waals surface area contributed by atoms with Crippen molar-refractivity contribution in [2.24, 2.45) is 0 Å². The Balaban J connectivity index is 1.97. The number of ether oxygens (including phenoxy) is 2. The van der Waals surface area contributed by atoms with E-state index in [9.17, 15) is 4.79 Å². The fraction of sp³-hybridized carbons (Fsp3) is 0.500. The Labute approximate surface area is 105 Å². The molecule has 2 rings (SSSR count). The summed E-state index contributed by atoms with van der Waals surface area (Å²) in [5.41, 5.74) is 0.465. The van der Waals surface area contributed by atoms with Crippen LogP contribution in [0.1, 0.15) is 16.8 Å². The third kappa shape index (κ3) is 3.41. The molecular formula is C12H16N2O4. The van der Waals surface area contributed by atoms with Crippen LogP contribution in [0.5, 0.6) is 5.88 Å². The Morgan fingerprint density at radius 2 is 2.56 bits per heavy atom. The van der Waals surface area contributed by atoms with Crippen LogP contribution in [0.25, 0.3) is 0 Å². The number of rotatable bonds is 5. The zero-order valence-electron chi connectivity index (χ0n) is 9.96. The second kappa shape index (κ2) is 6.32. The number of amides is 1. The van der Waals surface area contributed by atoms with Crippen LogP contribution in [-0.2, 0) is 4.74 Å². The highest BCUT2D eigenvalue weighted by atomic mass is 16.5. The maximum atomic E-state index is 11.7. The molecule has 1 atom stereocenters. The summed E-state index contributed by atoms with van der Waals surface area (Å²) < 4.78 is 10.8. The molecule has 0 aromatic carbocycles. The van der Waals surface area contributed by atoms with Crippen LogP contribution in [0, 0.1) is 0 Å². The second-order valence-corrected chi connectivity index (χ2v) is 3.97. The van der Waals surface area contributed by atoms with Crippen molar-refractivity contribution < 1.29 is 19.4 Å². The van der Waals surface area contributed by atoms with E-state index >= 15 is 0 Å². The predicted molar refractivity (Wildman–Crippen MR) is 63.5 cm³/mol. The molecule has 2 N–H and O–H groups in total. The molecule has 1 saturated heterocycles. The van der Waals surface area contributed by atoms with Gasteiger partial charge in [0.2, 0.25) is 5.88 Å². The molecule has 1 aromatic heterocycles. The molecule has 6 heteroatoms. The molecule has 0 spiro atoms. The van der Waals surface area contributed by atoms with Crippen molar-refractivity contribution in [3.63, 3.8) is 0 Å². The third-order valence-corrected chi connectivity index (χ3v) is 2.57. The summed E-state index contributed by atoms with van der Waals surface area (Å²) in [5, 5.41) is 11.2. The Hall–Kier alpha value is -1.66. The summed E-state index contributed by atoms with van der Waals surface area (Å²) in [4.78, 5) is 15.7. The number of hydrogen-bond acceptors (Lipinski definition) is 5. The van der Waals surface area contributed by atoms with Gasteiger partial charge in [-0.15, -0.1) is 0 Å². The minimum atomic E-state index is -0.251. The standard InChI is InChI=1S/C12H16N2O4/c15-5-4-14-12(16)9-1-3-13-11(7-9)18-10-2-6-17-8-10/h1,3,7,10,15H,2,4-6,8H2,(H,14,16)/t10-/m1/s1. The lowest BCUT2D eigenvalue weighted by Crippen LogP contribution is -2.26. The topological polar surface area (TPSA) is 80.7 Å². The van der Waals surface area contributed by atoms with Gasteiger partial charge in [-0.05, 0) is 6.07 Å². The molecule has 98 valence electrons. The molecule has 0 aliphatic carbocycles. The number of aromatic nitrogens is 1. The molecule has 0 saturated carbocycles. The summed E-state index contributed by atoms with van der Waals surface area (Å²) in [7, 11) is 0. The molecule has 18 heavy (non-hydrogen) atoms. The number of carbonyl (C=O) groups is 1. The van der Waals surface area contributed by atoms with Crippen LogP contribution < -0.4 is 10.1 Å². The van der Waals surface area contributed by atoms with Crippen molar-refractivity contribution in [3.05, 3.63) is 23.9 Å². The van der Waals surface area contributed by atoms with Crippen molar-refractivity contribution in [1.82, 2.24) is 10.3 Å². The SMILES string of the molecule is O=C(NCCO)c1ccnc(O[C@@H]2CCOC2)c1. The van der Waals surface area contributed by atoms with Crippen LogP contribution in [0.15, 0.2) is 18.3 Å². The van der Waals surface area contributed by atoms with Gasteiger partial charge in [-0.3, -0.25) is 4.79 Å². The number of hydrogen-bond donors (Lipinski definition) is 2. The average molecular weight is 252 g/mol. The highest BCUT2D eigenvalue weighted by Crippen LogP contribution is 2.15. The lowest BCUT2D eigenvalue weighted by molar-refractivity contribution is 0.0943. The first-order valence-corrected chi connectivity index (χ1v) is 5.89. The Morgan fingerprint density at radius 3 is 3.28 bits per heavy atom. The normalized spacial score (nSPS) is 18.6. The Morgan fingerprint density at radius 1 is 1.67 bits per heavy atom. The first-order chi connectivity index (χ1) is 8.79. The van der Waals surface area contributed by atoms with E-state index in [2.05, 4.69) is 10.3 Å². The third-order valence-electron chi connectivity index (χ3n) is 2.57. The van der Waals surface area contributed by atoms with E-state index in [1.807, 2.05) is 0 Å². The number of aliphatic hydroxyl groups excluding tert-OH is 1. The zero-order chi connectivity index (χ0) is 12.8. The van der Waals surface area contributed by atoms with Gasteiger partial charge in [0.25, 0.3) is 5.91 Å². The number of aliphatic hydroxyl groups is 1. The number of carbonyl (C=O) groups excluding carboxylic acids is 1. The lowest BCUT2D eigenvalue weighted by Gasteiger charge is -2.11. The van der Waals surface area contributed by atoms with Gasteiger partial charge in [0, 0.05) is 30.8 Å². The predicted octanol–water partition coefficient (Wildman–Crippen LogP) is -0.0286. The summed E-state index contributed by atoms with van der Waals surface area (Å²) >= 11 is 0. The van der Waals surface area contributed by atoms with Crippen LogP contribution in [0.3, 0.4) is 0 Å². The van der Waals surface area contributed by atoms with Crippen LogP contribution in [-0.4, -0.2) is 48.5 Å². The van der Waals surface area contributed by atoms with E-state index in [1.165, 1.54) is 6.20 Å². The summed E-state index contributed by atoms with van der Waals surface area (Å²) in [6, 6.07) is 3.19. The van der Waals surface area contributed by atoms with E-state index in [-0.39, 0.29) is 25.2 Å². The summed E-state index contributed by atoms with van der Waals surface area (Å²) in [6.45, 7) is 1.40. The number of nitrogens with zero attached hydrogens (tertiary/aromatic N) is 1. The minimum Gasteiger partial charge on any atom is -0.472 e. The lowest BCUT2D eigenvalue weighted by atomic mass is 10.2. The fourth-order valence-corrected chi connectivity index (χ4v) is 1.66. The average Bonchev–Trinajstić information content (AvgIpc) is 2.89. The highest BCUT2D eigenvalue weighted by Gasteiger charge is 2.18. The molecule has 0 bridgehead atoms. The molecule has 6 nitrogen and oxygen atoms in total. The van der Waals surface area contributed by atoms with Gasteiger partial charge in [-0.1, -0.05) is 0 Å². The maximum Gasteiger partial charge on any atom is 0.251 e. The van der Waals surface area contributed by atoms with Gasteiger partial charge < -0.3 is 19.9 Å². The molecule has 1 fully saturated rings. The Bertz CT molecular complexity index is 405. The number of pyridine rings is 1. The first-order valence-electron chi connectivity index (χ1n) is 5.89. The van der Waals surface area contributed by atoms with Crippen LogP contribution in [0.4, 0.5) is 0 Å². The monoisotopic (exact) mass is 252 g/mol. The van der Waals surface area contributed by atoms with Gasteiger partial charge in [0.15, 0.2) is 0 Å². The van der Waals surface area contributed by atoms with Crippen molar-refractivity contribution in [2.75, 3.05) is 26.4 Å². The fourth-order valence-electron chi connectivity index (χ4n) is 1.66. The van der Waals surface area contributed by atoms with Crippen LogP contribution in [0.2, 0.25) is 0 Å². The summed E-state index contributed by atoms with van der Waals surface area (Å²) in [6.07, 6.45) is 2.37. The quantitative estimate of drug-likeness (QED) is 0.769. The van der Waals surface area contributed by atoms with Crippen molar-refractivity contribution in [1.29, 1.82) is 0 Å². The van der Waals surface area contributed by atoms with Gasteiger partial charge in [0.05, 0.1) is 19.8 Å². The van der Waals surface area contributed by atoms with Gasteiger partial charge in [-0.2, -0.15) is 0 Å². The van der Waals surface area contributed by atoms with E-state index in [4.69, 9.17) is 14.6 Å². The zero-order valence-corrected chi connectivity index (χ0v) is 9.96. The molecule has 1 amide bonds. The van der Waals surface area contributed by atoms with Crippen molar-refractivity contribution >= 4 is 5.91 Å². The first kappa shape index (κ1) is 12.8. The smallest absolute Gasteiger partial charge is 0.251 e. The van der Waals surface area contributed by atoms with Gasteiger partial charge in [-0.25, -0.2) is 4.98 Å². The Kier molecular flexibility index (Phi) is 4.49. The minimum absolute atomic E-state index is 0.00764. The van der Waals surface area contributed by atoms with E-state index in [1.54, 1.807) is 12.1 Å². The number of nitrogens with one attached hydrogen (secondary N) is 1. The van der Waals surface area contributed by atoms with Crippen molar-refractivity contribution in [3.8, 4) is 5.88 Å². The van der Waals surface area contributed by atoms with E-state index < -0.39 is 0 Å². The van der Waals surface area contributed by atoms with Crippen molar-refractivity contribution in [2.45, 2.75) is 12.5 Å². The second-order valence-electron chi connectivity index (χ2n) is 3.97. The molecule has 0 unspecified atom stereocenters. The van der Waals surface area contributed by atoms with E-state index in [0.717, 1.165) is 6.42 Å². The van der Waals surface area contributed by atoms with E-state index in [0.29, 0.717) is 24.7 Å². The molecule has 1 aromatic rings. The maximum absolute atomic E-state index is 11.7. The molecule has 1 aliphatic rings. The molecule has 0 radical (unpaired) electrons. The van der Waals surface area contributed by atoms with Gasteiger partial charge >= 0.3 is 0 Å². The largest absolute Gasteiger partial charge is 0.472 e. The van der Waals surface area contributed by atoms with Gasteiger partial charge in [0.1, 0.15) is 6.10 Å².